The Balaban J connectivity index is 2.83. The van der Waals surface area contributed by atoms with Gasteiger partial charge in [-0.2, -0.15) is 0 Å². The second-order valence-corrected chi connectivity index (χ2v) is 4.52. The number of halogens is 1. The Bertz CT molecular complexity index is 460. The zero-order valence-electron chi connectivity index (χ0n) is 11.9. The van der Waals surface area contributed by atoms with E-state index in [9.17, 15) is 4.79 Å². The monoisotopic (exact) mass is 297 g/mol. The summed E-state index contributed by atoms with van der Waals surface area (Å²) in [6.45, 7) is 2.48. The predicted octanol–water partition coefficient (Wildman–Crippen LogP) is 3.51. The van der Waals surface area contributed by atoms with Gasteiger partial charge in [0.05, 0.1) is 6.61 Å². The number of ether oxygens (including phenoxy) is 1. The number of carbonyl (C=O) groups is 1. The summed E-state index contributed by atoms with van der Waals surface area (Å²) in [4.78, 5) is 16.8. The second-order valence-electron chi connectivity index (χ2n) is 4.26. The van der Waals surface area contributed by atoms with Gasteiger partial charge in [0.25, 0.3) is 0 Å². The molecule has 1 aromatic carbocycles. The fourth-order valence-corrected chi connectivity index (χ4v) is 1.97. The van der Waals surface area contributed by atoms with Crippen molar-refractivity contribution in [3.8, 4) is 0 Å². The summed E-state index contributed by atoms with van der Waals surface area (Å²) < 4.78 is 5.22. The minimum atomic E-state index is -0.486. The third-order valence-electron chi connectivity index (χ3n) is 2.77. The molecule has 0 unspecified atom stereocenters. The molecule has 0 saturated carbocycles. The molecule has 110 valence electrons. The van der Waals surface area contributed by atoms with Crippen LogP contribution in [0.4, 0.5) is 0 Å². The number of carbonyl (C=O) groups excluding carboxylic acids is 1. The van der Waals surface area contributed by atoms with Crippen LogP contribution in [0, 0.1) is 0 Å². The first kappa shape index (κ1) is 16.5. The lowest BCUT2D eigenvalue weighted by Gasteiger charge is -2.09. The van der Waals surface area contributed by atoms with Gasteiger partial charge >= 0.3 is 5.97 Å². The second kappa shape index (κ2) is 9.37. The van der Waals surface area contributed by atoms with Crippen LogP contribution in [0.1, 0.15) is 37.3 Å². The maximum Gasteiger partial charge on any atom is 0.361 e. The number of alkyl halides is 1. The van der Waals surface area contributed by atoms with E-state index in [0.717, 1.165) is 24.8 Å². The summed E-state index contributed by atoms with van der Waals surface area (Å²) in [5.41, 5.74) is 1.61. The van der Waals surface area contributed by atoms with Crippen LogP contribution < -0.4 is 0 Å². The largest absolute Gasteiger partial charge is 0.461 e. The molecule has 0 aliphatic carbocycles. The van der Waals surface area contributed by atoms with Gasteiger partial charge in [-0.05, 0) is 12.0 Å². The molecule has 0 spiro atoms. The summed E-state index contributed by atoms with van der Waals surface area (Å²) in [7, 11) is 1.40. The van der Waals surface area contributed by atoms with Crippen molar-refractivity contribution >= 4 is 23.3 Å². The summed E-state index contributed by atoms with van der Waals surface area (Å²) in [6.07, 6.45) is 2.95. The quantitative estimate of drug-likeness (QED) is 0.242. The summed E-state index contributed by atoms with van der Waals surface area (Å²) >= 11 is 5.88. The van der Waals surface area contributed by atoms with Crippen LogP contribution in [0.25, 0.3) is 0 Å². The molecule has 20 heavy (non-hydrogen) atoms. The van der Waals surface area contributed by atoms with Crippen molar-refractivity contribution in [2.75, 3.05) is 13.7 Å². The van der Waals surface area contributed by atoms with Crippen molar-refractivity contribution in [2.24, 2.45) is 5.16 Å². The van der Waals surface area contributed by atoms with Gasteiger partial charge in [-0.25, -0.2) is 4.79 Å². The first-order chi connectivity index (χ1) is 9.74. The number of hydrogen-bond acceptors (Lipinski definition) is 4. The third-order valence-corrected chi connectivity index (χ3v) is 3.06. The van der Waals surface area contributed by atoms with E-state index in [-0.39, 0.29) is 5.71 Å². The van der Waals surface area contributed by atoms with Gasteiger partial charge in [-0.1, -0.05) is 49.2 Å². The Morgan fingerprint density at radius 1 is 1.30 bits per heavy atom. The molecule has 0 aliphatic rings. The fourth-order valence-electron chi connectivity index (χ4n) is 1.74. The first-order valence-corrected chi connectivity index (χ1v) is 7.20. The van der Waals surface area contributed by atoms with E-state index in [4.69, 9.17) is 21.2 Å². The Hall–Kier alpha value is -1.55. The van der Waals surface area contributed by atoms with Gasteiger partial charge in [0, 0.05) is 11.4 Å². The van der Waals surface area contributed by atoms with Crippen LogP contribution in [0.15, 0.2) is 29.4 Å². The topological polar surface area (TPSA) is 47.9 Å². The van der Waals surface area contributed by atoms with Crippen molar-refractivity contribution in [3.05, 3.63) is 35.4 Å². The standard InChI is InChI=1S/C15H20ClNO3/c1-3-4-7-10-20-15(18)14(17-19-2)13-9-6-5-8-12(13)11-16/h5-6,8-9H,3-4,7,10-11H2,1-2H3. The van der Waals surface area contributed by atoms with E-state index in [1.54, 1.807) is 6.07 Å². The van der Waals surface area contributed by atoms with Crippen molar-refractivity contribution in [1.29, 1.82) is 0 Å². The first-order valence-electron chi connectivity index (χ1n) is 6.67. The molecule has 1 rings (SSSR count). The molecule has 0 bridgehead atoms. The molecule has 0 saturated heterocycles. The number of rotatable bonds is 8. The molecule has 5 heteroatoms. The van der Waals surface area contributed by atoms with E-state index >= 15 is 0 Å². The predicted molar refractivity (Wildman–Crippen MR) is 80.0 cm³/mol. The van der Waals surface area contributed by atoms with Crippen molar-refractivity contribution in [1.82, 2.24) is 0 Å². The molecule has 0 radical (unpaired) electrons. The molecule has 0 atom stereocenters. The zero-order chi connectivity index (χ0) is 14.8. The maximum atomic E-state index is 12.1. The lowest BCUT2D eigenvalue weighted by atomic mass is 10.0. The van der Waals surface area contributed by atoms with E-state index in [2.05, 4.69) is 12.1 Å². The Morgan fingerprint density at radius 3 is 2.70 bits per heavy atom. The van der Waals surface area contributed by atoms with Gasteiger partial charge in [0.1, 0.15) is 7.11 Å². The highest BCUT2D eigenvalue weighted by atomic mass is 35.5. The van der Waals surface area contributed by atoms with Crippen molar-refractivity contribution < 1.29 is 14.4 Å². The molecule has 0 fully saturated rings. The summed E-state index contributed by atoms with van der Waals surface area (Å²) in [5.74, 6) is -0.192. The lowest BCUT2D eigenvalue weighted by Crippen LogP contribution is -2.21. The van der Waals surface area contributed by atoms with Gasteiger partial charge in [-0.15, -0.1) is 11.6 Å². The molecule has 1 aromatic rings. The van der Waals surface area contributed by atoms with Gasteiger partial charge < -0.3 is 9.57 Å². The normalized spacial score (nSPS) is 11.2. The molecule has 0 heterocycles. The van der Waals surface area contributed by atoms with Crippen LogP contribution in [-0.2, 0) is 20.2 Å². The lowest BCUT2D eigenvalue weighted by molar-refractivity contribution is -0.135. The van der Waals surface area contributed by atoms with Gasteiger partial charge in [0.2, 0.25) is 0 Å². The number of unbranched alkanes of at least 4 members (excludes halogenated alkanes) is 2. The molecular weight excluding hydrogens is 278 g/mol. The fraction of sp³-hybridized carbons (Fsp3) is 0.467. The Kier molecular flexibility index (Phi) is 7.73. The van der Waals surface area contributed by atoms with E-state index < -0.39 is 5.97 Å². The highest BCUT2D eigenvalue weighted by molar-refractivity contribution is 6.43. The van der Waals surface area contributed by atoms with Crippen LogP contribution >= 0.6 is 11.6 Å². The maximum absolute atomic E-state index is 12.1. The molecular formula is C15H20ClNO3. The van der Waals surface area contributed by atoms with Crippen LogP contribution in [0.5, 0.6) is 0 Å². The highest BCUT2D eigenvalue weighted by Gasteiger charge is 2.19. The van der Waals surface area contributed by atoms with Crippen LogP contribution in [-0.4, -0.2) is 25.4 Å². The zero-order valence-corrected chi connectivity index (χ0v) is 12.7. The minimum absolute atomic E-state index is 0.153. The smallest absolute Gasteiger partial charge is 0.361 e. The Morgan fingerprint density at radius 2 is 2.05 bits per heavy atom. The molecule has 4 nitrogen and oxygen atoms in total. The van der Waals surface area contributed by atoms with Crippen molar-refractivity contribution in [2.45, 2.75) is 32.1 Å². The van der Waals surface area contributed by atoms with Crippen molar-refractivity contribution in [3.63, 3.8) is 0 Å². The number of nitrogens with zero attached hydrogens (tertiary/aromatic N) is 1. The van der Waals surface area contributed by atoms with Crippen LogP contribution in [0.3, 0.4) is 0 Å². The molecule has 0 amide bonds. The van der Waals surface area contributed by atoms with Gasteiger partial charge in [0.15, 0.2) is 5.71 Å². The summed E-state index contributed by atoms with van der Waals surface area (Å²) in [6, 6.07) is 7.31. The molecule has 0 aromatic heterocycles. The SMILES string of the molecule is CCCCCOC(=O)C(=NOC)c1ccccc1CCl. The highest BCUT2D eigenvalue weighted by Crippen LogP contribution is 2.14. The number of benzene rings is 1. The average Bonchev–Trinajstić information content (AvgIpc) is 2.49. The number of hydrogen-bond donors (Lipinski definition) is 0. The van der Waals surface area contributed by atoms with E-state index in [1.807, 2.05) is 18.2 Å². The minimum Gasteiger partial charge on any atom is -0.461 e. The van der Waals surface area contributed by atoms with Gasteiger partial charge in [-0.3, -0.25) is 0 Å². The molecule has 0 N–H and O–H groups in total. The van der Waals surface area contributed by atoms with Crippen LogP contribution in [0.2, 0.25) is 0 Å². The summed E-state index contributed by atoms with van der Waals surface area (Å²) in [5, 5.41) is 3.79. The Labute approximate surface area is 124 Å². The number of esters is 1. The van der Waals surface area contributed by atoms with E-state index in [0.29, 0.717) is 18.1 Å². The van der Waals surface area contributed by atoms with E-state index in [1.165, 1.54) is 7.11 Å². The average molecular weight is 298 g/mol. The third kappa shape index (κ3) is 4.85. The number of oxime groups is 1. The molecule has 0 aliphatic heterocycles.